The number of oxime groups is 1. The Bertz CT molecular complexity index is 1440. The number of nitrogens with one attached hydrogen (secondary N) is 1. The maximum atomic E-state index is 13.0. The quantitative estimate of drug-likeness (QED) is 0.101. The van der Waals surface area contributed by atoms with Crippen molar-refractivity contribution < 1.29 is 29.0 Å². The number of fused-ring (bicyclic) bond motifs is 1. The largest absolute Gasteiger partial charge is 0.477 e. The van der Waals surface area contributed by atoms with Crippen molar-refractivity contribution in [3.63, 3.8) is 0 Å². The predicted octanol–water partition coefficient (Wildman–Crippen LogP) is -0.203. The summed E-state index contributed by atoms with van der Waals surface area (Å²) >= 11 is 3.98. The summed E-state index contributed by atoms with van der Waals surface area (Å²) < 4.78 is 3.48. The highest BCUT2D eigenvalue weighted by Crippen LogP contribution is 2.41. The van der Waals surface area contributed by atoms with Crippen LogP contribution in [-0.2, 0) is 19.2 Å². The average molecular weight is 575 g/mol. The van der Waals surface area contributed by atoms with Crippen LogP contribution in [0.25, 0.3) is 0 Å². The summed E-state index contributed by atoms with van der Waals surface area (Å²) in [6, 6.07) is 2.86. The third kappa shape index (κ3) is 4.94. The zero-order valence-corrected chi connectivity index (χ0v) is 22.1. The summed E-state index contributed by atoms with van der Waals surface area (Å²) in [5.74, 6) is -1.60. The Morgan fingerprint density at radius 3 is 2.71 bits per heavy atom. The number of nitrogen functional groups attached to an aromatic ring is 1. The van der Waals surface area contributed by atoms with E-state index in [1.165, 1.54) is 35.5 Å². The number of thioether (sulfide) groups is 2. The van der Waals surface area contributed by atoms with E-state index in [0.717, 1.165) is 16.2 Å². The monoisotopic (exact) mass is 574 g/mol. The lowest BCUT2D eigenvalue weighted by atomic mass is 10.0. The molecule has 0 bridgehead atoms. The summed E-state index contributed by atoms with van der Waals surface area (Å²) in [7, 11) is 1.28. The second-order valence-corrected chi connectivity index (χ2v) is 10.9. The van der Waals surface area contributed by atoms with E-state index < -0.39 is 29.2 Å². The number of rotatable bonds is 9. The van der Waals surface area contributed by atoms with Gasteiger partial charge in [-0.15, -0.1) is 45.1 Å². The first-order valence-electron chi connectivity index (χ1n) is 10.9. The number of hydrogen-bond donors (Lipinski definition) is 3. The van der Waals surface area contributed by atoms with Crippen LogP contribution in [-0.4, -0.2) is 83.4 Å². The van der Waals surface area contributed by atoms with Crippen LogP contribution in [0.1, 0.15) is 5.69 Å². The molecule has 1 fully saturated rings. The number of thiazole rings is 1. The number of anilines is 1. The van der Waals surface area contributed by atoms with Gasteiger partial charge in [-0.1, -0.05) is 14.5 Å². The molecule has 2 aliphatic heterocycles. The van der Waals surface area contributed by atoms with Crippen molar-refractivity contribution in [3.8, 4) is 0 Å². The topological polar surface area (TPSA) is 182 Å². The lowest BCUT2D eigenvalue weighted by molar-refractivity contribution is -0.728. The van der Waals surface area contributed by atoms with Gasteiger partial charge in [-0.05, 0) is 5.57 Å². The van der Waals surface area contributed by atoms with E-state index >= 15 is 0 Å². The Morgan fingerprint density at radius 1 is 1.34 bits per heavy atom. The molecule has 2 amide bonds. The first kappa shape index (κ1) is 25.7. The van der Waals surface area contributed by atoms with Crippen LogP contribution < -0.4 is 15.7 Å². The van der Waals surface area contributed by atoms with Gasteiger partial charge < -0.3 is 21.0 Å². The van der Waals surface area contributed by atoms with E-state index in [0.29, 0.717) is 17.1 Å². The highest BCUT2D eigenvalue weighted by Gasteiger charge is 2.54. The number of carboxylic acid groups (broad SMARTS) is 1. The number of nitrogens with zero attached hydrogens (tertiary/aromatic N) is 7. The summed E-state index contributed by atoms with van der Waals surface area (Å²) in [6.45, 7) is 0. The van der Waals surface area contributed by atoms with E-state index in [1.54, 1.807) is 27.4 Å². The smallest absolute Gasteiger partial charge is 0.352 e. The second kappa shape index (κ2) is 10.8. The third-order valence-electron chi connectivity index (χ3n) is 5.57. The van der Waals surface area contributed by atoms with Gasteiger partial charge in [0, 0.05) is 33.9 Å². The summed E-state index contributed by atoms with van der Waals surface area (Å²) in [5.41, 5.74) is 6.31. The number of aliphatic carboxylic acids is 1. The first-order chi connectivity index (χ1) is 18.4. The molecule has 5 rings (SSSR count). The van der Waals surface area contributed by atoms with E-state index in [-0.39, 0.29) is 22.2 Å². The molecule has 3 aromatic heterocycles. The molecule has 0 unspecified atom stereocenters. The van der Waals surface area contributed by atoms with E-state index in [2.05, 4.69) is 25.7 Å². The number of carboxylic acids is 1. The van der Waals surface area contributed by atoms with Gasteiger partial charge >= 0.3 is 5.97 Å². The minimum absolute atomic E-state index is 0.0507. The first-order valence-corrected chi connectivity index (χ1v) is 13.8. The minimum Gasteiger partial charge on any atom is -0.477 e. The molecule has 38 heavy (non-hydrogen) atoms. The lowest BCUT2D eigenvalue weighted by Gasteiger charge is -2.49. The van der Waals surface area contributed by atoms with Crippen molar-refractivity contribution in [3.05, 3.63) is 59.5 Å². The Kier molecular flexibility index (Phi) is 7.30. The van der Waals surface area contributed by atoms with Crippen molar-refractivity contribution in [2.75, 3.05) is 24.3 Å². The van der Waals surface area contributed by atoms with Crippen molar-refractivity contribution in [1.29, 1.82) is 0 Å². The van der Waals surface area contributed by atoms with E-state index in [1.807, 2.05) is 24.5 Å². The second-order valence-electron chi connectivity index (χ2n) is 7.86. The van der Waals surface area contributed by atoms with Gasteiger partial charge in [0.25, 0.3) is 11.8 Å². The molecule has 4 N–H and O–H groups in total. The normalized spacial score (nSPS) is 19.1. The maximum absolute atomic E-state index is 13.0. The van der Waals surface area contributed by atoms with Crippen LogP contribution in [0.3, 0.4) is 0 Å². The van der Waals surface area contributed by atoms with Crippen molar-refractivity contribution in [2.24, 2.45) is 5.16 Å². The van der Waals surface area contributed by atoms with Gasteiger partial charge in [0.1, 0.15) is 29.9 Å². The minimum atomic E-state index is -1.19. The van der Waals surface area contributed by atoms with Crippen LogP contribution in [0.2, 0.25) is 0 Å². The molecule has 196 valence electrons. The number of amides is 2. The van der Waals surface area contributed by atoms with Crippen molar-refractivity contribution in [1.82, 2.24) is 30.1 Å². The lowest BCUT2D eigenvalue weighted by Crippen LogP contribution is -2.71. The maximum Gasteiger partial charge on any atom is 0.352 e. The molecule has 3 aromatic rings. The van der Waals surface area contributed by atoms with Gasteiger partial charge in [-0.2, -0.15) is 0 Å². The number of carbonyl (C=O) groups excluding carboxylic acids is 2. The Labute approximate surface area is 227 Å². The van der Waals surface area contributed by atoms with Gasteiger partial charge in [0.2, 0.25) is 12.4 Å². The number of carbonyl (C=O) groups is 3. The number of nitrogens with two attached hydrogens (primary N) is 1. The molecule has 1 saturated heterocycles. The third-order valence-corrected chi connectivity index (χ3v) is 8.68. The zero-order chi connectivity index (χ0) is 26.8. The highest BCUT2D eigenvalue weighted by molar-refractivity contribution is 8.01. The number of β-lactam (4-membered cyclic amide) rings is 1. The fourth-order valence-corrected chi connectivity index (χ4v) is 6.75. The van der Waals surface area contributed by atoms with E-state index in [9.17, 15) is 19.5 Å². The standard InChI is InChI=1S/C21H19N9O5S3/c1-35-27-14(13-8-38-21(22)25-13)17(31)26-15-18(32)30-16(20(33)34)11(7-37-19(15)30)6-36-12-2-4-28(5-3-12)29-9-23-24-10-29/h2-5,8-10,15,19H,6-7H2,1H3,(H3-,22,25,26,31,33,34)/p+1/b27-14-/t15-,19-/m1/s1. The van der Waals surface area contributed by atoms with Crippen LogP contribution >= 0.6 is 34.9 Å². The van der Waals surface area contributed by atoms with Crippen LogP contribution in [0.15, 0.2) is 63.9 Å². The number of hydrogen-bond acceptors (Lipinski definition) is 12. The molecule has 2 atom stereocenters. The molecular formula is C21H20N9O5S3+. The van der Waals surface area contributed by atoms with Gasteiger partial charge in [-0.3, -0.25) is 14.5 Å². The van der Waals surface area contributed by atoms with Gasteiger partial charge in [0.15, 0.2) is 23.5 Å². The van der Waals surface area contributed by atoms with Gasteiger partial charge in [-0.25, -0.2) is 9.78 Å². The fourth-order valence-electron chi connectivity index (χ4n) is 3.84. The summed E-state index contributed by atoms with van der Waals surface area (Å²) in [5, 5.41) is 25.1. The molecule has 0 aromatic carbocycles. The van der Waals surface area contributed by atoms with Gasteiger partial charge in [0.05, 0.1) is 0 Å². The Morgan fingerprint density at radius 2 is 2.08 bits per heavy atom. The summed E-state index contributed by atoms with van der Waals surface area (Å²) in [6.07, 6.45) is 6.78. The van der Waals surface area contributed by atoms with Crippen molar-refractivity contribution in [2.45, 2.75) is 16.3 Å². The SMILES string of the molecule is CO/N=C(\C(=O)N[C@@H]1C(=O)N2C(C(=O)O)=C(CSc3cc[n+](-n4cnnc4)cc3)CS[C@H]12)c1csc(N)n1. The molecule has 2 aliphatic rings. The molecule has 0 radical (unpaired) electrons. The predicted molar refractivity (Wildman–Crippen MR) is 138 cm³/mol. The fraction of sp³-hybridized carbons (Fsp3) is 0.238. The number of pyridine rings is 1. The molecule has 17 heteroatoms. The molecular weight excluding hydrogens is 554 g/mol. The van der Waals surface area contributed by atoms with Crippen LogP contribution in [0, 0.1) is 0 Å². The Balaban J connectivity index is 1.27. The van der Waals surface area contributed by atoms with Crippen LogP contribution in [0.4, 0.5) is 5.13 Å². The van der Waals surface area contributed by atoms with E-state index in [4.69, 9.17) is 10.6 Å². The Hall–Kier alpha value is -3.96. The van der Waals surface area contributed by atoms with Crippen LogP contribution in [0.5, 0.6) is 0 Å². The number of aromatic nitrogens is 5. The molecule has 0 aliphatic carbocycles. The zero-order valence-electron chi connectivity index (χ0n) is 19.6. The van der Waals surface area contributed by atoms with Crippen molar-refractivity contribution >= 4 is 63.5 Å². The average Bonchev–Trinajstić information content (AvgIpc) is 3.61. The molecule has 5 heterocycles. The molecule has 14 nitrogen and oxygen atoms in total. The molecule has 0 saturated carbocycles. The highest BCUT2D eigenvalue weighted by atomic mass is 32.2. The summed E-state index contributed by atoms with van der Waals surface area (Å²) in [4.78, 5) is 49.0. The molecule has 0 spiro atoms.